The van der Waals surface area contributed by atoms with Gasteiger partial charge in [0.25, 0.3) is 0 Å². The second-order valence-electron chi connectivity index (χ2n) is 5.58. The summed E-state index contributed by atoms with van der Waals surface area (Å²) < 4.78 is 4.98. The first-order chi connectivity index (χ1) is 9.93. The number of esters is 1. The van der Waals surface area contributed by atoms with Gasteiger partial charge in [0.05, 0.1) is 29.2 Å². The van der Waals surface area contributed by atoms with Gasteiger partial charge in [-0.3, -0.25) is 0 Å². The third-order valence-corrected chi connectivity index (χ3v) is 3.89. The average Bonchev–Trinajstić information content (AvgIpc) is 2.87. The number of likely N-dealkylation sites (N-methyl/N-ethyl adjacent to an activating group) is 1. The summed E-state index contributed by atoms with van der Waals surface area (Å²) in [4.78, 5) is 16.2. The van der Waals surface area contributed by atoms with Gasteiger partial charge in [0.1, 0.15) is 0 Å². The fraction of sp³-hybridized carbons (Fsp3) is 0.533. The van der Waals surface area contributed by atoms with Crippen LogP contribution in [0.25, 0.3) is 0 Å². The van der Waals surface area contributed by atoms with Crippen LogP contribution in [0.15, 0.2) is 12.1 Å². The van der Waals surface area contributed by atoms with Crippen LogP contribution in [0.1, 0.15) is 23.7 Å². The summed E-state index contributed by atoms with van der Waals surface area (Å²) in [5.74, 6) is -0.393. The van der Waals surface area contributed by atoms with Crippen LogP contribution in [0.2, 0.25) is 0 Å². The van der Waals surface area contributed by atoms with Crippen LogP contribution >= 0.6 is 0 Å². The quantitative estimate of drug-likeness (QED) is 0.640. The van der Waals surface area contributed by atoms with Crippen molar-refractivity contribution in [2.45, 2.75) is 19.4 Å². The second-order valence-corrected chi connectivity index (χ2v) is 5.58. The molecule has 116 valence electrons. The number of carbonyl (C=O) groups excluding carboxylic acids is 1. The molecule has 0 unspecified atom stereocenters. The molecule has 0 aromatic heterocycles. The lowest BCUT2D eigenvalue weighted by Gasteiger charge is -2.24. The van der Waals surface area contributed by atoms with Crippen molar-refractivity contribution in [2.75, 3.05) is 50.2 Å². The summed E-state index contributed by atoms with van der Waals surface area (Å²) in [6.45, 7) is 3.90. The lowest BCUT2D eigenvalue weighted by atomic mass is 10.1. The number of carbonyl (C=O) groups is 1. The van der Waals surface area contributed by atoms with Gasteiger partial charge in [-0.15, -0.1) is 0 Å². The third-order valence-electron chi connectivity index (χ3n) is 3.89. The molecule has 1 atom stereocenters. The van der Waals surface area contributed by atoms with Crippen LogP contribution in [0.4, 0.5) is 17.1 Å². The monoisotopic (exact) mass is 292 g/mol. The lowest BCUT2D eigenvalue weighted by Crippen LogP contribution is -2.32. The van der Waals surface area contributed by atoms with Crippen molar-refractivity contribution in [3.05, 3.63) is 17.7 Å². The van der Waals surface area contributed by atoms with Crippen molar-refractivity contribution in [2.24, 2.45) is 0 Å². The molecular formula is C15H24N4O2. The molecule has 0 aliphatic carbocycles. The van der Waals surface area contributed by atoms with E-state index in [9.17, 15) is 4.79 Å². The second kappa shape index (κ2) is 6.22. The van der Waals surface area contributed by atoms with E-state index in [4.69, 9.17) is 16.2 Å². The molecular weight excluding hydrogens is 268 g/mol. The molecule has 1 aliphatic heterocycles. The number of benzene rings is 1. The number of anilines is 3. The van der Waals surface area contributed by atoms with Gasteiger partial charge in [-0.1, -0.05) is 0 Å². The molecule has 21 heavy (non-hydrogen) atoms. The highest BCUT2D eigenvalue weighted by Crippen LogP contribution is 2.34. The number of hydrogen-bond donors (Lipinski definition) is 2. The Morgan fingerprint density at radius 1 is 1.38 bits per heavy atom. The van der Waals surface area contributed by atoms with Gasteiger partial charge in [-0.2, -0.15) is 0 Å². The largest absolute Gasteiger partial charge is 0.462 e. The zero-order chi connectivity index (χ0) is 15.6. The fourth-order valence-corrected chi connectivity index (χ4v) is 2.74. The van der Waals surface area contributed by atoms with Gasteiger partial charge in [-0.25, -0.2) is 4.79 Å². The molecule has 0 amide bonds. The standard InChI is InChI=1S/C15H24N4O2/c1-4-21-15(20)10-7-12(16)14(13(17)8-10)19-6-5-11(9-19)18(2)3/h7-8,11H,4-6,9,16-17H2,1-3H3/t11-/m0/s1. The summed E-state index contributed by atoms with van der Waals surface area (Å²) in [5.41, 5.74) is 14.5. The van der Waals surface area contributed by atoms with Crippen LogP contribution in [-0.4, -0.2) is 50.7 Å². The van der Waals surface area contributed by atoms with Gasteiger partial charge in [0.2, 0.25) is 0 Å². The molecule has 1 saturated heterocycles. The Bertz CT molecular complexity index is 507. The van der Waals surface area contributed by atoms with Crippen molar-refractivity contribution >= 4 is 23.0 Å². The van der Waals surface area contributed by atoms with Crippen molar-refractivity contribution in [1.29, 1.82) is 0 Å². The predicted octanol–water partition coefficient (Wildman–Crippen LogP) is 1.17. The molecule has 1 aliphatic rings. The van der Waals surface area contributed by atoms with Crippen molar-refractivity contribution in [3.63, 3.8) is 0 Å². The van der Waals surface area contributed by atoms with E-state index in [2.05, 4.69) is 23.9 Å². The molecule has 0 bridgehead atoms. The van der Waals surface area contributed by atoms with E-state index >= 15 is 0 Å². The van der Waals surface area contributed by atoms with Crippen LogP contribution in [0, 0.1) is 0 Å². The van der Waals surface area contributed by atoms with Crippen LogP contribution in [-0.2, 0) is 4.74 Å². The summed E-state index contributed by atoms with van der Waals surface area (Å²) in [7, 11) is 4.15. The molecule has 2 rings (SSSR count). The molecule has 1 aromatic carbocycles. The van der Waals surface area contributed by atoms with E-state index in [0.717, 1.165) is 25.2 Å². The van der Waals surface area contributed by atoms with E-state index in [1.54, 1.807) is 19.1 Å². The third kappa shape index (κ3) is 3.21. The maximum atomic E-state index is 11.8. The summed E-state index contributed by atoms with van der Waals surface area (Å²) in [6.07, 6.45) is 1.07. The smallest absolute Gasteiger partial charge is 0.338 e. The minimum Gasteiger partial charge on any atom is -0.462 e. The topological polar surface area (TPSA) is 84.8 Å². The van der Waals surface area contributed by atoms with Gasteiger partial charge < -0.3 is 26.0 Å². The molecule has 6 nitrogen and oxygen atoms in total. The number of rotatable bonds is 4. The maximum Gasteiger partial charge on any atom is 0.338 e. The molecule has 0 spiro atoms. The van der Waals surface area contributed by atoms with Gasteiger partial charge in [-0.05, 0) is 39.6 Å². The molecule has 0 radical (unpaired) electrons. The summed E-state index contributed by atoms with van der Waals surface area (Å²) in [5, 5.41) is 0. The summed E-state index contributed by atoms with van der Waals surface area (Å²) >= 11 is 0. The van der Waals surface area contributed by atoms with E-state index in [1.807, 2.05) is 0 Å². The van der Waals surface area contributed by atoms with Crippen LogP contribution in [0.5, 0.6) is 0 Å². The molecule has 0 saturated carbocycles. The van der Waals surface area contributed by atoms with E-state index < -0.39 is 5.97 Å². The molecule has 1 heterocycles. The van der Waals surface area contributed by atoms with Gasteiger partial charge in [0.15, 0.2) is 0 Å². The summed E-state index contributed by atoms with van der Waals surface area (Å²) in [6, 6.07) is 3.79. The highest BCUT2D eigenvalue weighted by molar-refractivity contribution is 5.95. The SMILES string of the molecule is CCOC(=O)c1cc(N)c(N2CC[C@H](N(C)C)C2)c(N)c1. The Balaban J connectivity index is 2.24. The van der Waals surface area contributed by atoms with E-state index in [1.165, 1.54) is 0 Å². The Morgan fingerprint density at radius 3 is 2.48 bits per heavy atom. The van der Waals surface area contributed by atoms with E-state index in [0.29, 0.717) is 29.6 Å². The maximum absolute atomic E-state index is 11.8. The van der Waals surface area contributed by atoms with Crippen molar-refractivity contribution in [1.82, 2.24) is 4.90 Å². The first-order valence-electron chi connectivity index (χ1n) is 7.21. The molecule has 6 heteroatoms. The van der Waals surface area contributed by atoms with E-state index in [-0.39, 0.29) is 0 Å². The first kappa shape index (κ1) is 15.4. The number of nitrogen functional groups attached to an aromatic ring is 2. The highest BCUT2D eigenvalue weighted by Gasteiger charge is 2.27. The zero-order valence-electron chi connectivity index (χ0n) is 12.9. The number of nitrogens with two attached hydrogens (primary N) is 2. The predicted molar refractivity (Wildman–Crippen MR) is 85.5 cm³/mol. The fourth-order valence-electron chi connectivity index (χ4n) is 2.74. The molecule has 1 aromatic rings. The Labute approximate surface area is 125 Å². The van der Waals surface area contributed by atoms with Crippen molar-refractivity contribution < 1.29 is 9.53 Å². The first-order valence-corrected chi connectivity index (χ1v) is 7.21. The molecule has 4 N–H and O–H groups in total. The zero-order valence-corrected chi connectivity index (χ0v) is 12.9. The van der Waals surface area contributed by atoms with Crippen molar-refractivity contribution in [3.8, 4) is 0 Å². The lowest BCUT2D eigenvalue weighted by molar-refractivity contribution is 0.0526. The Kier molecular flexibility index (Phi) is 4.57. The Hall–Kier alpha value is -1.95. The highest BCUT2D eigenvalue weighted by atomic mass is 16.5. The molecule has 1 fully saturated rings. The normalized spacial score (nSPS) is 18.3. The Morgan fingerprint density at radius 2 is 2.00 bits per heavy atom. The van der Waals surface area contributed by atoms with Gasteiger partial charge in [0, 0.05) is 19.1 Å². The van der Waals surface area contributed by atoms with Crippen LogP contribution < -0.4 is 16.4 Å². The average molecular weight is 292 g/mol. The van der Waals surface area contributed by atoms with Gasteiger partial charge >= 0.3 is 5.97 Å². The number of hydrogen-bond acceptors (Lipinski definition) is 6. The minimum atomic E-state index is -0.393. The van der Waals surface area contributed by atoms with Crippen LogP contribution in [0.3, 0.4) is 0 Å². The minimum absolute atomic E-state index is 0.330. The number of nitrogens with zero attached hydrogens (tertiary/aromatic N) is 2. The number of ether oxygens (including phenoxy) is 1.